The Balaban J connectivity index is 1.75. The fourth-order valence-electron chi connectivity index (χ4n) is 2.52. The number of aryl methyl sites for hydroxylation is 1. The average molecular weight is 394 g/mol. The standard InChI is InChI=1S/C22H23N3O2S/c1-14-23-18(15-8-6-5-7-9-15)19(28-14)20(26)24-16-10-12-17(13-11-16)25-21(27)22(2,3)4/h5-13H,1-4H3,(H,24,26)(H,25,27). The van der Waals surface area contributed by atoms with Gasteiger partial charge in [0, 0.05) is 22.4 Å². The van der Waals surface area contributed by atoms with Crippen molar-refractivity contribution in [1.82, 2.24) is 4.98 Å². The Morgan fingerprint density at radius 3 is 2.04 bits per heavy atom. The molecule has 6 heteroatoms. The van der Waals surface area contributed by atoms with Gasteiger partial charge in [0.15, 0.2) is 0 Å². The van der Waals surface area contributed by atoms with Crippen LogP contribution in [-0.4, -0.2) is 16.8 Å². The van der Waals surface area contributed by atoms with Crippen LogP contribution >= 0.6 is 11.3 Å². The molecule has 5 nitrogen and oxygen atoms in total. The summed E-state index contributed by atoms with van der Waals surface area (Å²) in [6.45, 7) is 7.47. The molecule has 1 aromatic heterocycles. The number of hydrogen-bond acceptors (Lipinski definition) is 4. The number of amides is 2. The van der Waals surface area contributed by atoms with E-state index in [0.717, 1.165) is 10.6 Å². The number of carbonyl (C=O) groups is 2. The topological polar surface area (TPSA) is 71.1 Å². The van der Waals surface area contributed by atoms with E-state index in [9.17, 15) is 9.59 Å². The Bertz CT molecular complexity index is 987. The van der Waals surface area contributed by atoms with Gasteiger partial charge in [-0.25, -0.2) is 4.98 Å². The molecule has 2 N–H and O–H groups in total. The van der Waals surface area contributed by atoms with Crippen LogP contribution in [0.25, 0.3) is 11.3 Å². The molecular formula is C22H23N3O2S. The third kappa shape index (κ3) is 4.64. The molecule has 0 radical (unpaired) electrons. The van der Waals surface area contributed by atoms with Gasteiger partial charge in [0.1, 0.15) is 4.88 Å². The molecule has 0 fully saturated rings. The highest BCUT2D eigenvalue weighted by Crippen LogP contribution is 2.29. The van der Waals surface area contributed by atoms with E-state index in [1.54, 1.807) is 24.3 Å². The van der Waals surface area contributed by atoms with Crippen LogP contribution in [0.3, 0.4) is 0 Å². The first-order chi connectivity index (χ1) is 13.2. The molecular weight excluding hydrogens is 370 g/mol. The Kier molecular flexibility index (Phi) is 5.61. The SMILES string of the molecule is Cc1nc(-c2ccccc2)c(C(=O)Nc2ccc(NC(=O)C(C)(C)C)cc2)s1. The van der Waals surface area contributed by atoms with E-state index in [4.69, 9.17) is 0 Å². The molecule has 2 amide bonds. The van der Waals surface area contributed by atoms with Crippen LogP contribution in [0.15, 0.2) is 54.6 Å². The fraction of sp³-hybridized carbons (Fsp3) is 0.227. The average Bonchev–Trinajstić information content (AvgIpc) is 3.05. The predicted octanol–water partition coefficient (Wildman–Crippen LogP) is 5.36. The summed E-state index contributed by atoms with van der Waals surface area (Å²) in [5, 5.41) is 6.62. The van der Waals surface area contributed by atoms with E-state index in [-0.39, 0.29) is 11.8 Å². The highest BCUT2D eigenvalue weighted by molar-refractivity contribution is 7.14. The van der Waals surface area contributed by atoms with Crippen molar-refractivity contribution in [3.63, 3.8) is 0 Å². The summed E-state index contributed by atoms with van der Waals surface area (Å²) < 4.78 is 0. The number of aromatic nitrogens is 1. The quantitative estimate of drug-likeness (QED) is 0.627. The van der Waals surface area contributed by atoms with Crippen molar-refractivity contribution in [3.05, 3.63) is 64.5 Å². The second-order valence-corrected chi connectivity index (χ2v) is 8.72. The Morgan fingerprint density at radius 1 is 0.893 bits per heavy atom. The maximum absolute atomic E-state index is 12.8. The lowest BCUT2D eigenvalue weighted by Crippen LogP contribution is -2.27. The van der Waals surface area contributed by atoms with Crippen LogP contribution in [0.2, 0.25) is 0 Å². The van der Waals surface area contributed by atoms with Gasteiger partial charge < -0.3 is 10.6 Å². The van der Waals surface area contributed by atoms with Crippen molar-refractivity contribution >= 4 is 34.5 Å². The van der Waals surface area contributed by atoms with Gasteiger partial charge in [0.05, 0.1) is 10.7 Å². The van der Waals surface area contributed by atoms with Crippen molar-refractivity contribution < 1.29 is 9.59 Å². The minimum Gasteiger partial charge on any atom is -0.326 e. The van der Waals surface area contributed by atoms with Gasteiger partial charge in [-0.2, -0.15) is 0 Å². The minimum atomic E-state index is -0.468. The molecule has 28 heavy (non-hydrogen) atoms. The third-order valence-electron chi connectivity index (χ3n) is 4.07. The minimum absolute atomic E-state index is 0.0584. The maximum atomic E-state index is 12.8. The van der Waals surface area contributed by atoms with Crippen molar-refractivity contribution in [2.24, 2.45) is 5.41 Å². The number of nitrogens with zero attached hydrogens (tertiary/aromatic N) is 1. The van der Waals surface area contributed by atoms with E-state index < -0.39 is 5.41 Å². The first-order valence-corrected chi connectivity index (χ1v) is 9.81. The highest BCUT2D eigenvalue weighted by atomic mass is 32.1. The first-order valence-electron chi connectivity index (χ1n) is 9.00. The number of thiazole rings is 1. The van der Waals surface area contributed by atoms with Crippen LogP contribution in [0.5, 0.6) is 0 Å². The zero-order chi connectivity index (χ0) is 20.3. The van der Waals surface area contributed by atoms with Crippen molar-refractivity contribution in [3.8, 4) is 11.3 Å². The second-order valence-electron chi connectivity index (χ2n) is 7.51. The molecule has 0 bridgehead atoms. The summed E-state index contributed by atoms with van der Waals surface area (Å²) in [6.07, 6.45) is 0. The molecule has 0 unspecified atom stereocenters. The van der Waals surface area contributed by atoms with E-state index in [0.29, 0.717) is 21.9 Å². The molecule has 144 valence electrons. The van der Waals surface area contributed by atoms with Crippen LogP contribution < -0.4 is 10.6 Å². The van der Waals surface area contributed by atoms with Crippen LogP contribution in [0.1, 0.15) is 35.5 Å². The monoisotopic (exact) mass is 393 g/mol. The van der Waals surface area contributed by atoms with E-state index in [1.807, 2.05) is 58.0 Å². The zero-order valence-corrected chi connectivity index (χ0v) is 17.2. The number of rotatable bonds is 4. The second kappa shape index (κ2) is 7.94. The molecule has 0 aliphatic heterocycles. The molecule has 0 saturated heterocycles. The van der Waals surface area contributed by atoms with E-state index >= 15 is 0 Å². The molecule has 0 aliphatic rings. The number of nitrogens with one attached hydrogen (secondary N) is 2. The first kappa shape index (κ1) is 19.8. The summed E-state index contributed by atoms with van der Waals surface area (Å²) >= 11 is 1.37. The maximum Gasteiger partial charge on any atom is 0.268 e. The van der Waals surface area contributed by atoms with Gasteiger partial charge in [-0.15, -0.1) is 11.3 Å². The summed E-state index contributed by atoms with van der Waals surface area (Å²) in [4.78, 5) is 30.0. The van der Waals surface area contributed by atoms with E-state index in [1.165, 1.54) is 11.3 Å². The van der Waals surface area contributed by atoms with Crippen molar-refractivity contribution in [2.45, 2.75) is 27.7 Å². The summed E-state index contributed by atoms with van der Waals surface area (Å²) in [5.74, 6) is -0.257. The van der Waals surface area contributed by atoms with Gasteiger partial charge in [0.2, 0.25) is 5.91 Å². The van der Waals surface area contributed by atoms with Gasteiger partial charge in [-0.05, 0) is 31.2 Å². The molecule has 3 aromatic rings. The molecule has 0 spiro atoms. The lowest BCUT2D eigenvalue weighted by molar-refractivity contribution is -0.123. The Hall–Kier alpha value is -2.99. The van der Waals surface area contributed by atoms with Gasteiger partial charge >= 0.3 is 0 Å². The molecule has 3 rings (SSSR count). The molecule has 0 saturated carbocycles. The normalized spacial score (nSPS) is 11.1. The molecule has 0 aliphatic carbocycles. The highest BCUT2D eigenvalue weighted by Gasteiger charge is 2.21. The van der Waals surface area contributed by atoms with Gasteiger partial charge in [0.25, 0.3) is 5.91 Å². The Labute approximate surface area is 168 Å². The fourth-order valence-corrected chi connectivity index (χ4v) is 3.35. The molecule has 0 atom stereocenters. The van der Waals surface area contributed by atoms with Crippen LogP contribution in [0.4, 0.5) is 11.4 Å². The number of benzene rings is 2. The number of anilines is 2. The molecule has 1 heterocycles. The smallest absolute Gasteiger partial charge is 0.268 e. The summed E-state index contributed by atoms with van der Waals surface area (Å²) in [5.41, 5.74) is 2.48. The van der Waals surface area contributed by atoms with E-state index in [2.05, 4.69) is 15.6 Å². The third-order valence-corrected chi connectivity index (χ3v) is 5.04. The van der Waals surface area contributed by atoms with Crippen LogP contribution in [-0.2, 0) is 4.79 Å². The summed E-state index contributed by atoms with van der Waals surface area (Å²) in [6, 6.07) is 16.8. The van der Waals surface area contributed by atoms with Gasteiger partial charge in [-0.1, -0.05) is 51.1 Å². The molecule has 2 aromatic carbocycles. The lowest BCUT2D eigenvalue weighted by Gasteiger charge is -2.17. The van der Waals surface area contributed by atoms with Crippen molar-refractivity contribution in [2.75, 3.05) is 10.6 Å². The van der Waals surface area contributed by atoms with Gasteiger partial charge in [-0.3, -0.25) is 9.59 Å². The van der Waals surface area contributed by atoms with Crippen molar-refractivity contribution in [1.29, 1.82) is 0 Å². The largest absolute Gasteiger partial charge is 0.326 e. The lowest BCUT2D eigenvalue weighted by atomic mass is 9.95. The predicted molar refractivity (Wildman–Crippen MR) is 115 cm³/mol. The van der Waals surface area contributed by atoms with Crippen LogP contribution in [0, 0.1) is 12.3 Å². The zero-order valence-electron chi connectivity index (χ0n) is 16.4. The Morgan fingerprint density at radius 2 is 1.46 bits per heavy atom. The number of carbonyl (C=O) groups excluding carboxylic acids is 2. The summed E-state index contributed by atoms with van der Waals surface area (Å²) in [7, 11) is 0. The number of hydrogen-bond donors (Lipinski definition) is 2.